The van der Waals surface area contributed by atoms with Gasteiger partial charge in [-0.2, -0.15) is 0 Å². The Kier molecular flexibility index (Phi) is 6.07. The van der Waals surface area contributed by atoms with Crippen molar-refractivity contribution in [2.45, 2.75) is 54.9 Å². The topological polar surface area (TPSA) is 54.9 Å². The van der Waals surface area contributed by atoms with Gasteiger partial charge in [-0.25, -0.2) is 4.68 Å². The van der Waals surface area contributed by atoms with Gasteiger partial charge < -0.3 is 0 Å². The van der Waals surface area contributed by atoms with Crippen molar-refractivity contribution in [1.82, 2.24) is 9.78 Å². The fourth-order valence-electron chi connectivity index (χ4n) is 3.78. The average molecular weight is 439 g/mol. The summed E-state index contributed by atoms with van der Waals surface area (Å²) in [5, 5.41) is 4.99. The summed E-state index contributed by atoms with van der Waals surface area (Å²) in [5.41, 5.74) is 1.88. The number of H-pyrrole nitrogens is 1. The molecule has 0 aliphatic heterocycles. The van der Waals surface area contributed by atoms with Crippen LogP contribution < -0.4 is 16.1 Å². The van der Waals surface area contributed by atoms with Crippen LogP contribution in [0.4, 0.5) is 0 Å². The van der Waals surface area contributed by atoms with E-state index in [-0.39, 0.29) is 22.2 Å². The Hall–Kier alpha value is -2.59. The number of nitrogens with one attached hydrogen (secondary N) is 1. The van der Waals surface area contributed by atoms with Gasteiger partial charge in [0.25, 0.3) is 5.56 Å². The monoisotopic (exact) mass is 438 g/mol. The van der Waals surface area contributed by atoms with Crippen LogP contribution in [0.5, 0.6) is 0 Å². The smallest absolute Gasteiger partial charge is 0.279 e. The van der Waals surface area contributed by atoms with E-state index in [9.17, 15) is 9.59 Å². The van der Waals surface area contributed by atoms with Crippen molar-refractivity contribution in [3.63, 3.8) is 0 Å². The first-order valence-corrected chi connectivity index (χ1v) is 11.0. The van der Waals surface area contributed by atoms with E-state index in [1.165, 1.54) is 4.68 Å². The number of nitrogens with zero attached hydrogens (tertiary/aromatic N) is 1. The van der Waals surface area contributed by atoms with Crippen molar-refractivity contribution in [3.8, 4) is 5.69 Å². The SMILES string of the molecule is CC/C=c1\[nH]n(-c2ccccc2Cl)c(=O)c1=C1C=C(C(C)(C)C)C(=O)C(C(C)(C)C)=C1. The molecule has 1 aliphatic carbocycles. The van der Waals surface area contributed by atoms with Gasteiger partial charge >= 0.3 is 0 Å². The van der Waals surface area contributed by atoms with Gasteiger partial charge in [0.05, 0.1) is 21.3 Å². The maximum absolute atomic E-state index is 13.6. The van der Waals surface area contributed by atoms with E-state index in [0.717, 1.165) is 17.3 Å². The van der Waals surface area contributed by atoms with E-state index in [2.05, 4.69) is 5.10 Å². The first-order chi connectivity index (χ1) is 14.4. The van der Waals surface area contributed by atoms with Crippen molar-refractivity contribution >= 4 is 29.0 Å². The van der Waals surface area contributed by atoms with E-state index in [1.807, 2.05) is 84.9 Å². The van der Waals surface area contributed by atoms with Gasteiger partial charge in [0.1, 0.15) is 0 Å². The number of Topliss-reactive ketones (excluding diaryl/α,β-unsaturated/α-hetero) is 1. The number of rotatable bonds is 2. The number of carbonyl (C=O) groups excluding carboxylic acids is 1. The summed E-state index contributed by atoms with van der Waals surface area (Å²) in [6.45, 7) is 14.2. The predicted octanol–water partition coefficient (Wildman–Crippen LogP) is 4.69. The second-order valence-corrected chi connectivity index (χ2v) is 10.4. The fourth-order valence-corrected chi connectivity index (χ4v) is 4.00. The van der Waals surface area contributed by atoms with E-state index >= 15 is 0 Å². The van der Waals surface area contributed by atoms with Crippen LogP contribution in [-0.4, -0.2) is 15.6 Å². The zero-order valence-electron chi connectivity index (χ0n) is 19.4. The van der Waals surface area contributed by atoms with Gasteiger partial charge in [-0.1, -0.05) is 78.3 Å². The van der Waals surface area contributed by atoms with Crippen LogP contribution in [-0.2, 0) is 4.79 Å². The summed E-state index contributed by atoms with van der Waals surface area (Å²) in [5.74, 6) is 0.0479. The first kappa shape index (κ1) is 23.1. The number of aromatic nitrogens is 2. The standard InChI is InChI=1S/C26H31ClN2O2/c1-8-11-20-22(24(31)29(28-20)21-13-10-9-12-19(21)27)16-14-17(25(2,3)4)23(30)18(15-16)26(5,6)7/h9-15,28H,8H2,1-7H3/b20-11-. The number of benzene rings is 1. The van der Waals surface area contributed by atoms with Gasteiger partial charge in [-0.3, -0.25) is 14.7 Å². The molecular formula is C26H31ClN2O2. The number of carbonyl (C=O) groups is 1. The Morgan fingerprint density at radius 2 is 1.52 bits per heavy atom. The van der Waals surface area contributed by atoms with Gasteiger partial charge in [-0.15, -0.1) is 0 Å². The average Bonchev–Trinajstić information content (AvgIpc) is 2.97. The maximum atomic E-state index is 13.6. The zero-order chi connectivity index (χ0) is 23.1. The van der Waals surface area contributed by atoms with E-state index in [4.69, 9.17) is 11.6 Å². The Morgan fingerprint density at radius 1 is 0.968 bits per heavy atom. The Morgan fingerprint density at radius 3 is 2.00 bits per heavy atom. The number of hydrogen-bond acceptors (Lipinski definition) is 2. The molecule has 0 atom stereocenters. The quantitative estimate of drug-likeness (QED) is 0.739. The molecule has 31 heavy (non-hydrogen) atoms. The van der Waals surface area contributed by atoms with E-state index in [1.54, 1.807) is 6.07 Å². The molecular weight excluding hydrogens is 408 g/mol. The number of hydrogen-bond donors (Lipinski definition) is 1. The van der Waals surface area contributed by atoms with Crippen LogP contribution in [0.2, 0.25) is 5.02 Å². The molecule has 0 amide bonds. The molecule has 0 fully saturated rings. The molecule has 3 rings (SSSR count). The third-order valence-corrected chi connectivity index (χ3v) is 5.73. The van der Waals surface area contributed by atoms with Gasteiger partial charge in [0.15, 0.2) is 5.78 Å². The molecule has 4 nitrogen and oxygen atoms in total. The van der Waals surface area contributed by atoms with Crippen LogP contribution in [0.3, 0.4) is 0 Å². The van der Waals surface area contributed by atoms with Crippen LogP contribution >= 0.6 is 11.6 Å². The Balaban J connectivity index is 2.49. The minimum absolute atomic E-state index is 0.0479. The van der Waals surface area contributed by atoms with Crippen molar-refractivity contribution in [2.24, 2.45) is 10.8 Å². The molecule has 5 heteroatoms. The van der Waals surface area contributed by atoms with Crippen molar-refractivity contribution in [1.29, 1.82) is 0 Å². The normalized spacial score (nSPS) is 15.9. The fraction of sp³-hybridized carbons (Fsp3) is 0.385. The Bertz CT molecular complexity index is 1240. The lowest BCUT2D eigenvalue weighted by atomic mass is 9.72. The highest BCUT2D eigenvalue weighted by Crippen LogP contribution is 2.38. The summed E-state index contributed by atoms with van der Waals surface area (Å²) in [7, 11) is 0. The highest BCUT2D eigenvalue weighted by Gasteiger charge is 2.34. The van der Waals surface area contributed by atoms with E-state index in [0.29, 0.717) is 27.1 Å². The number of aromatic amines is 1. The third-order valence-electron chi connectivity index (χ3n) is 5.41. The van der Waals surface area contributed by atoms with Crippen molar-refractivity contribution in [2.75, 3.05) is 0 Å². The molecule has 0 unspecified atom stereocenters. The molecule has 1 aliphatic rings. The molecule has 2 aromatic rings. The second-order valence-electron chi connectivity index (χ2n) is 10.0. The van der Waals surface area contributed by atoms with Crippen molar-refractivity contribution in [3.05, 3.63) is 73.5 Å². The maximum Gasteiger partial charge on any atom is 0.279 e. The molecule has 164 valence electrons. The second kappa shape index (κ2) is 8.16. The van der Waals surface area contributed by atoms with Crippen LogP contribution in [0, 0.1) is 10.8 Å². The lowest BCUT2D eigenvalue weighted by molar-refractivity contribution is -0.114. The molecule has 0 bridgehead atoms. The van der Waals surface area contributed by atoms with Gasteiger partial charge in [0.2, 0.25) is 0 Å². The number of halogens is 1. The number of ketones is 1. The largest absolute Gasteiger partial charge is 0.291 e. The third kappa shape index (κ3) is 4.40. The highest BCUT2D eigenvalue weighted by atomic mass is 35.5. The van der Waals surface area contributed by atoms with Crippen LogP contribution in [0.25, 0.3) is 17.3 Å². The van der Waals surface area contributed by atoms with Crippen molar-refractivity contribution < 1.29 is 4.79 Å². The van der Waals surface area contributed by atoms with Crippen LogP contribution in [0.1, 0.15) is 54.9 Å². The highest BCUT2D eigenvalue weighted by molar-refractivity contribution is 6.32. The summed E-state index contributed by atoms with van der Waals surface area (Å²) in [4.78, 5) is 26.9. The predicted molar refractivity (Wildman–Crippen MR) is 129 cm³/mol. The lowest BCUT2D eigenvalue weighted by Crippen LogP contribution is -2.38. The molecule has 0 saturated carbocycles. The number of allylic oxidation sites excluding steroid dienone is 4. The summed E-state index contributed by atoms with van der Waals surface area (Å²) >= 11 is 6.38. The molecule has 0 radical (unpaired) electrons. The minimum Gasteiger partial charge on any atom is -0.291 e. The zero-order valence-corrected chi connectivity index (χ0v) is 20.1. The number of para-hydroxylation sites is 1. The summed E-state index contributed by atoms with van der Waals surface area (Å²) in [6.07, 6.45) is 6.51. The first-order valence-electron chi connectivity index (χ1n) is 10.7. The van der Waals surface area contributed by atoms with E-state index < -0.39 is 0 Å². The molecule has 0 saturated heterocycles. The molecule has 1 heterocycles. The molecule has 1 aromatic heterocycles. The minimum atomic E-state index is -0.347. The molecule has 1 aromatic carbocycles. The summed E-state index contributed by atoms with van der Waals surface area (Å²) < 4.78 is 1.48. The lowest BCUT2D eigenvalue weighted by Gasteiger charge is -2.31. The Labute approximate surface area is 188 Å². The summed E-state index contributed by atoms with van der Waals surface area (Å²) in [6, 6.07) is 7.24. The van der Waals surface area contributed by atoms with Gasteiger partial charge in [-0.05, 0) is 47.1 Å². The van der Waals surface area contributed by atoms with Crippen LogP contribution in [0.15, 0.2) is 52.4 Å². The van der Waals surface area contributed by atoms with Gasteiger partial charge in [0, 0.05) is 11.1 Å². The molecule has 0 spiro atoms. The molecule has 1 N–H and O–H groups in total.